The third kappa shape index (κ3) is 4.54. The summed E-state index contributed by atoms with van der Waals surface area (Å²) in [5, 5.41) is 0.367. The van der Waals surface area contributed by atoms with Crippen molar-refractivity contribution in [2.24, 2.45) is 0 Å². The Morgan fingerprint density at radius 2 is 1.58 bits per heavy atom. The van der Waals surface area contributed by atoms with E-state index < -0.39 is 15.7 Å². The number of piperazine rings is 1. The van der Waals surface area contributed by atoms with Crippen LogP contribution >= 0.6 is 11.6 Å². The summed E-state index contributed by atoms with van der Waals surface area (Å²) in [4.78, 5) is 8.29. The van der Waals surface area contributed by atoms with Crippen molar-refractivity contribution in [3.63, 3.8) is 0 Å². The van der Waals surface area contributed by atoms with E-state index >= 15 is 0 Å². The predicted molar refractivity (Wildman–Crippen MR) is 141 cm³/mol. The van der Waals surface area contributed by atoms with Crippen LogP contribution in [0.3, 0.4) is 0 Å². The molecule has 2 aliphatic rings. The van der Waals surface area contributed by atoms with E-state index in [4.69, 9.17) is 25.5 Å². The molecule has 3 aromatic carbocycles. The lowest BCUT2D eigenvalue weighted by Crippen LogP contribution is -2.46. The SMILES string of the molecule is O=S(=O)(c1ccc2c(c1)OCCO2)c1nc(-c2ccccc2F)oc1N1CCN(c2cccc(Cl)c2)CC1. The number of oxazole rings is 1. The van der Waals surface area contributed by atoms with Gasteiger partial charge in [0.25, 0.3) is 0 Å². The third-order valence-electron chi connectivity index (χ3n) is 6.50. The Labute approximate surface area is 224 Å². The van der Waals surface area contributed by atoms with Gasteiger partial charge in [0, 0.05) is 43.0 Å². The largest absolute Gasteiger partial charge is 0.486 e. The summed E-state index contributed by atoms with van der Waals surface area (Å²) in [5.74, 6) is 0.219. The molecule has 1 aromatic heterocycles. The van der Waals surface area contributed by atoms with Crippen molar-refractivity contribution in [3.05, 3.63) is 77.6 Å². The van der Waals surface area contributed by atoms with Crippen LogP contribution in [-0.4, -0.2) is 52.8 Å². The molecule has 2 aliphatic heterocycles. The predicted octanol–water partition coefficient (Wildman–Crippen LogP) is 5.06. The minimum atomic E-state index is -4.16. The monoisotopic (exact) mass is 555 g/mol. The second-order valence-corrected chi connectivity index (χ2v) is 11.2. The van der Waals surface area contributed by atoms with Crippen molar-refractivity contribution in [1.82, 2.24) is 4.98 Å². The zero-order chi connectivity index (χ0) is 26.3. The lowest BCUT2D eigenvalue weighted by molar-refractivity contribution is 0.171. The van der Waals surface area contributed by atoms with Crippen LogP contribution in [0.25, 0.3) is 11.5 Å². The molecule has 6 rings (SSSR count). The molecule has 38 heavy (non-hydrogen) atoms. The van der Waals surface area contributed by atoms with Gasteiger partial charge in [-0.1, -0.05) is 29.8 Å². The molecule has 0 aliphatic carbocycles. The van der Waals surface area contributed by atoms with Crippen LogP contribution in [0, 0.1) is 5.82 Å². The summed E-state index contributed by atoms with van der Waals surface area (Å²) in [5.41, 5.74) is 1.06. The Kier molecular flexibility index (Phi) is 6.37. The molecule has 4 aromatic rings. The summed E-state index contributed by atoms with van der Waals surface area (Å²) in [6.07, 6.45) is 0. The molecule has 0 amide bonds. The molecule has 1 fully saturated rings. The molecule has 0 radical (unpaired) electrons. The Morgan fingerprint density at radius 1 is 0.842 bits per heavy atom. The van der Waals surface area contributed by atoms with Crippen molar-refractivity contribution in [1.29, 1.82) is 0 Å². The van der Waals surface area contributed by atoms with Crippen LogP contribution in [0.5, 0.6) is 11.5 Å². The number of benzene rings is 3. The van der Waals surface area contributed by atoms with Gasteiger partial charge < -0.3 is 23.7 Å². The number of hydrogen-bond acceptors (Lipinski definition) is 8. The number of rotatable bonds is 5. The first kappa shape index (κ1) is 24.6. The highest BCUT2D eigenvalue weighted by Gasteiger charge is 2.34. The topological polar surface area (TPSA) is 85.1 Å². The number of hydrogen-bond donors (Lipinski definition) is 0. The lowest BCUT2D eigenvalue weighted by Gasteiger charge is -2.36. The summed E-state index contributed by atoms with van der Waals surface area (Å²) in [6, 6.07) is 18.0. The van der Waals surface area contributed by atoms with Gasteiger partial charge in [-0.15, -0.1) is 0 Å². The van der Waals surface area contributed by atoms with Crippen LogP contribution < -0.4 is 19.3 Å². The Hall–Kier alpha value is -3.76. The molecule has 8 nitrogen and oxygen atoms in total. The van der Waals surface area contributed by atoms with Crippen molar-refractivity contribution in [2.45, 2.75) is 9.92 Å². The normalized spacial score (nSPS) is 15.5. The van der Waals surface area contributed by atoms with Gasteiger partial charge in [0.1, 0.15) is 19.0 Å². The fourth-order valence-corrected chi connectivity index (χ4v) is 6.09. The molecule has 0 bridgehead atoms. The lowest BCUT2D eigenvalue weighted by atomic mass is 10.2. The number of sulfone groups is 1. The number of anilines is 2. The van der Waals surface area contributed by atoms with E-state index in [1.807, 2.05) is 29.2 Å². The number of nitrogens with zero attached hydrogens (tertiary/aromatic N) is 3. The van der Waals surface area contributed by atoms with E-state index in [0.717, 1.165) is 5.69 Å². The minimum Gasteiger partial charge on any atom is -0.486 e. The maximum absolute atomic E-state index is 14.6. The molecular weight excluding hydrogens is 533 g/mol. The second kappa shape index (κ2) is 9.85. The first-order chi connectivity index (χ1) is 18.4. The minimum absolute atomic E-state index is 0.0195. The summed E-state index contributed by atoms with van der Waals surface area (Å²) in [7, 11) is -4.16. The van der Waals surface area contributed by atoms with Gasteiger partial charge in [-0.05, 0) is 42.5 Å². The van der Waals surface area contributed by atoms with Crippen LogP contribution in [0.2, 0.25) is 5.02 Å². The molecule has 0 spiro atoms. The van der Waals surface area contributed by atoms with Crippen LogP contribution in [-0.2, 0) is 9.84 Å². The number of ether oxygens (including phenoxy) is 2. The van der Waals surface area contributed by atoms with Crippen molar-refractivity contribution >= 4 is 33.0 Å². The summed E-state index contributed by atoms with van der Waals surface area (Å²) < 4.78 is 59.5. The maximum atomic E-state index is 14.6. The highest BCUT2D eigenvalue weighted by molar-refractivity contribution is 7.91. The van der Waals surface area contributed by atoms with Gasteiger partial charge in [-0.2, -0.15) is 4.98 Å². The number of aromatic nitrogens is 1. The maximum Gasteiger partial charge on any atom is 0.236 e. The second-order valence-electron chi connectivity index (χ2n) is 8.87. The van der Waals surface area contributed by atoms with Gasteiger partial charge in [0.2, 0.25) is 26.6 Å². The standard InChI is InChI=1S/C27H23ClFN3O5S/c28-18-4-3-5-19(16-18)31-10-12-32(13-11-31)27-26(30-25(37-27)21-6-1-2-7-22(21)29)38(33,34)20-8-9-23-24(17-20)36-15-14-35-23/h1-9,16-17H,10-15H2. The quantitative estimate of drug-likeness (QED) is 0.338. The Morgan fingerprint density at radius 3 is 2.34 bits per heavy atom. The fourth-order valence-electron chi connectivity index (χ4n) is 4.57. The van der Waals surface area contributed by atoms with E-state index in [0.29, 0.717) is 55.9 Å². The highest BCUT2D eigenvalue weighted by Crippen LogP contribution is 2.39. The average Bonchev–Trinajstić information content (AvgIpc) is 3.39. The van der Waals surface area contributed by atoms with Gasteiger partial charge in [0.05, 0.1) is 10.5 Å². The smallest absolute Gasteiger partial charge is 0.236 e. The zero-order valence-corrected chi connectivity index (χ0v) is 21.7. The Bertz CT molecular complexity index is 1600. The van der Waals surface area contributed by atoms with Gasteiger partial charge in [0.15, 0.2) is 11.5 Å². The van der Waals surface area contributed by atoms with E-state index in [1.54, 1.807) is 18.2 Å². The molecular formula is C27H23ClFN3O5S. The molecule has 0 N–H and O–H groups in total. The summed E-state index contributed by atoms with van der Waals surface area (Å²) in [6.45, 7) is 2.82. The van der Waals surface area contributed by atoms with Crippen LogP contribution in [0.15, 0.2) is 81.1 Å². The van der Waals surface area contributed by atoms with E-state index in [2.05, 4.69) is 9.88 Å². The summed E-state index contributed by atoms with van der Waals surface area (Å²) >= 11 is 6.16. The molecule has 0 atom stereocenters. The Balaban J connectivity index is 1.38. The van der Waals surface area contributed by atoms with Crippen molar-refractivity contribution in [2.75, 3.05) is 49.2 Å². The number of fused-ring (bicyclic) bond motifs is 1. The first-order valence-corrected chi connectivity index (χ1v) is 13.9. The van der Waals surface area contributed by atoms with E-state index in [1.165, 1.54) is 24.3 Å². The van der Waals surface area contributed by atoms with E-state index in [9.17, 15) is 12.8 Å². The van der Waals surface area contributed by atoms with E-state index in [-0.39, 0.29) is 27.3 Å². The third-order valence-corrected chi connectivity index (χ3v) is 8.39. The first-order valence-electron chi connectivity index (χ1n) is 12.1. The van der Waals surface area contributed by atoms with Crippen LogP contribution in [0.1, 0.15) is 0 Å². The van der Waals surface area contributed by atoms with Gasteiger partial charge >= 0.3 is 0 Å². The van der Waals surface area contributed by atoms with Crippen molar-refractivity contribution in [3.8, 4) is 23.0 Å². The zero-order valence-electron chi connectivity index (χ0n) is 20.1. The average molecular weight is 556 g/mol. The fraction of sp³-hybridized carbons (Fsp3) is 0.222. The van der Waals surface area contributed by atoms with Crippen molar-refractivity contribution < 1.29 is 26.7 Å². The molecule has 3 heterocycles. The molecule has 11 heteroatoms. The number of halogens is 2. The molecule has 0 unspecified atom stereocenters. The van der Waals surface area contributed by atoms with Crippen LogP contribution in [0.4, 0.5) is 16.0 Å². The molecule has 1 saturated heterocycles. The molecule has 0 saturated carbocycles. The van der Waals surface area contributed by atoms with Gasteiger partial charge in [-0.25, -0.2) is 12.8 Å². The van der Waals surface area contributed by atoms with Gasteiger partial charge in [-0.3, -0.25) is 0 Å². The highest BCUT2D eigenvalue weighted by atomic mass is 35.5. The molecule has 196 valence electrons.